The smallest absolute Gasteiger partial charge is 0.744 e. The van der Waals surface area contributed by atoms with E-state index in [4.69, 9.17) is 45.6 Å². The number of hydrogen-bond acceptors (Lipinski definition) is 21. The van der Waals surface area contributed by atoms with Gasteiger partial charge in [-0.1, -0.05) is 143 Å². The molecule has 4 bridgehead atoms. The van der Waals surface area contributed by atoms with Crippen molar-refractivity contribution in [2.75, 3.05) is 53.0 Å². The van der Waals surface area contributed by atoms with Crippen molar-refractivity contribution >= 4 is 93.6 Å². The standard InChI is InChI=1S/C32H43N3O6.C26H35O5PS.C25H37IN2O4.C7H8BNO4.Na/c1-16-24-12-21(32(24,3)4)13-25(16)34-30(38)28-27(17(2)36)26(37)15-35(28)14-18-7-6-8-23(29(18)41-5)19-9-20(31(39)40)11-22(33)10-19;1-30-22-17-18-24(33(27,28)29)26(31-2)25(22)21-15-9-10-16-23(21)32(19-11-5-3-6-12-19)20-13-7-4-8-14-20;1-13-17-9-16(25(17,3)4)10-19(13)27-24(31)22-21(14(2)29)20(30)12-28(22)11-15-7-6-8-18(26)23(15)32-5;9-6-2-4(7(10)11)1-5(3-6)8(12)13;/h6-11,16-17,21,24-28,36-37H,12-15,33H2,1-5H3,(H,34,38)(H,39,40);9-10,15-20H,3-8,11-14H2,1-2H3,(H,27,28,29);6-8,13-14,16-17,19-22,29-30H,9-12H2,1-5H3,(H,27,31);1-3,12-13H,9H2,(H,10,11);/q;;;;+1/p-1/t16-,17-,21+,24-,25-,26-,27+,28-;;13-,14-,16+,17-,19-,20-,21+,22-;;/m0.0../s1. The molecule has 8 saturated carbocycles. The number of para-hydroxylation sites is 2. The maximum atomic E-state index is 13.9. The van der Waals surface area contributed by atoms with Crippen molar-refractivity contribution in [3.05, 3.63) is 135 Å². The van der Waals surface area contributed by atoms with Gasteiger partial charge in [0, 0.05) is 78.2 Å². The number of nitrogens with zero attached hydrogens (tertiary/aromatic N) is 2. The Labute approximate surface area is 744 Å². The molecule has 2 saturated heterocycles. The third-order valence-corrected chi connectivity index (χ3v) is 33.0. The van der Waals surface area contributed by atoms with E-state index in [0.29, 0.717) is 111 Å². The second kappa shape index (κ2) is 40.9. The van der Waals surface area contributed by atoms with Gasteiger partial charge in [-0.05, 0) is 222 Å². The number of amides is 2. The number of aliphatic hydroxyl groups excluding tert-OH is 4. The third-order valence-electron chi connectivity index (χ3n) is 27.8. The van der Waals surface area contributed by atoms with Crippen LogP contribution in [-0.2, 0) is 32.8 Å². The van der Waals surface area contributed by atoms with Crippen LogP contribution in [0.15, 0.2) is 114 Å². The van der Waals surface area contributed by atoms with Gasteiger partial charge in [0.25, 0.3) is 0 Å². The van der Waals surface area contributed by atoms with E-state index < -0.39 is 85.4 Å². The topological polar surface area (TPSA) is 407 Å². The minimum atomic E-state index is -4.70. The van der Waals surface area contributed by atoms with Crippen LogP contribution in [0, 0.1) is 61.7 Å². The maximum absolute atomic E-state index is 13.9. The number of likely N-dealkylation sites (tertiary alicyclic amines) is 2. The molecule has 2 heterocycles. The molecule has 0 aromatic heterocycles. The SMILES string of the molecule is COc1c(CN2C[C@H](O)[C@@H]([C@H](C)O)[C@H]2C(=O)N[C@H]2C[C@H]3C[C@@H]([C@@H]2C)C3(C)C)cccc1-c1cc(N)cc(C(=O)O)c1.COc1c(I)cccc1CN1C[C@H](O)[C@@H]([C@H](C)O)[C@H]1C(=O)N[C@H]1C[C@H]2C[C@@H]([C@@H]1C)C2(C)C.COc1ccc(S(=O)(=O)[O-])c(OC)c1-c1ccccc1P(C1CCCCC1)C1CCCCC1.Nc1cc(B(O)O)cc(C(=O)O)c1.[Na+]. The fraction of sp³-hybridized carbons (Fsp3) is 0.556. The number of benzene rings is 6. The summed E-state index contributed by atoms with van der Waals surface area (Å²) in [6.45, 7) is 18.5. The number of nitrogens with one attached hydrogen (secondary N) is 2. The summed E-state index contributed by atoms with van der Waals surface area (Å²) in [6.07, 6.45) is 14.0. The van der Waals surface area contributed by atoms with Crippen molar-refractivity contribution in [3.63, 3.8) is 0 Å². The van der Waals surface area contributed by atoms with Crippen molar-refractivity contribution in [1.29, 1.82) is 0 Å². The number of ether oxygens (including phenoxy) is 4. The zero-order valence-corrected chi connectivity index (χ0v) is 77.3. The van der Waals surface area contributed by atoms with E-state index in [1.807, 2.05) is 58.3 Å². The van der Waals surface area contributed by atoms with Gasteiger partial charge in [0.2, 0.25) is 11.8 Å². The van der Waals surface area contributed by atoms with E-state index in [-0.39, 0.29) is 92.9 Å². The Morgan fingerprint density at radius 2 is 1.05 bits per heavy atom. The number of methoxy groups -OCH3 is 4. The molecule has 0 unspecified atom stereocenters. The van der Waals surface area contributed by atoms with Gasteiger partial charge >= 0.3 is 48.6 Å². The first-order valence-electron chi connectivity index (χ1n) is 41.9. The molecule has 8 aliphatic carbocycles. The number of carbonyl (C=O) groups is 4. The van der Waals surface area contributed by atoms with Crippen LogP contribution in [0.1, 0.15) is 177 Å². The molecule has 14 N–H and O–H groups in total. The summed E-state index contributed by atoms with van der Waals surface area (Å²) >= 11 is 2.25. The number of carbonyl (C=O) groups excluding carboxylic acids is 2. The molecule has 16 atom stereocenters. The molecular weight excluding hydrogens is 1690 g/mol. The van der Waals surface area contributed by atoms with E-state index in [1.165, 1.54) is 114 Å². The number of fused-ring (bicyclic) bond motifs is 4. The average molecular weight is 1820 g/mol. The minimum absolute atomic E-state index is 0. The molecule has 2 amide bonds. The van der Waals surface area contributed by atoms with Gasteiger partial charge in [-0.3, -0.25) is 19.4 Å². The van der Waals surface area contributed by atoms with Gasteiger partial charge in [0.15, 0.2) is 0 Å². The molecule has 0 radical (unpaired) electrons. The van der Waals surface area contributed by atoms with E-state index in [1.54, 1.807) is 53.4 Å². The summed E-state index contributed by atoms with van der Waals surface area (Å²) in [5.74, 6) is 1.54. The molecular formula is C90H122BIN6NaO19PS. The number of nitrogen functional groups attached to an aromatic ring is 2. The predicted octanol–water partition coefficient (Wildman–Crippen LogP) is 8.10. The van der Waals surface area contributed by atoms with Crippen LogP contribution in [0.4, 0.5) is 11.4 Å². The number of aromatic carboxylic acids is 2. The van der Waals surface area contributed by atoms with E-state index in [0.717, 1.165) is 44.9 Å². The largest absolute Gasteiger partial charge is 1.00 e. The molecule has 6 aromatic rings. The number of halogens is 1. The van der Waals surface area contributed by atoms with Crippen LogP contribution in [0.25, 0.3) is 22.3 Å². The molecule has 2 aliphatic heterocycles. The number of carboxylic acid groups (broad SMARTS) is 2. The molecule has 25 nitrogen and oxygen atoms in total. The third kappa shape index (κ3) is 21.0. The molecule has 10 fully saturated rings. The Kier molecular flexibility index (Phi) is 32.7. The Bertz CT molecular complexity index is 4690. The van der Waals surface area contributed by atoms with Crippen LogP contribution >= 0.6 is 30.5 Å². The summed E-state index contributed by atoms with van der Waals surface area (Å²) in [4.78, 5) is 53.3. The number of carboxylic acids is 2. The van der Waals surface area contributed by atoms with Crippen molar-refractivity contribution < 1.29 is 121 Å². The van der Waals surface area contributed by atoms with Crippen molar-refractivity contribution in [2.24, 2.45) is 58.2 Å². The van der Waals surface area contributed by atoms with Crippen LogP contribution < -0.4 is 81.4 Å². The number of β-amino-alcohol motifs (C(OH)–C–C–N with tert-alkyl or cyclic N) is 2. The van der Waals surface area contributed by atoms with E-state index in [9.17, 15) is 57.7 Å². The molecule has 0 spiro atoms. The normalized spacial score (nSPS) is 26.6. The average Bonchev–Trinajstić information content (AvgIpc) is 0.771. The summed E-state index contributed by atoms with van der Waals surface area (Å²) in [6, 6.07) is 30.0. The van der Waals surface area contributed by atoms with Crippen molar-refractivity contribution in [3.8, 4) is 45.3 Å². The molecule has 120 heavy (non-hydrogen) atoms. The quantitative estimate of drug-likeness (QED) is 0.00947. The van der Waals surface area contributed by atoms with Gasteiger partial charge in [-0.15, -0.1) is 0 Å². The monoisotopic (exact) mass is 1810 g/mol. The molecule has 6 aromatic carbocycles. The zero-order chi connectivity index (χ0) is 86.6. The van der Waals surface area contributed by atoms with Crippen molar-refractivity contribution in [2.45, 2.75) is 223 Å². The summed E-state index contributed by atoms with van der Waals surface area (Å²) in [5.41, 5.74) is 18.5. The first-order chi connectivity index (χ1) is 56.3. The number of anilines is 2. The number of nitrogens with two attached hydrogens (primary N) is 2. The fourth-order valence-electron chi connectivity index (χ4n) is 21.3. The fourth-order valence-corrected chi connectivity index (χ4v) is 26.7. The van der Waals surface area contributed by atoms with Gasteiger partial charge in [-0.25, -0.2) is 18.0 Å². The van der Waals surface area contributed by atoms with Crippen molar-refractivity contribution in [1.82, 2.24) is 20.4 Å². The van der Waals surface area contributed by atoms with Gasteiger partial charge in [0.05, 0.1) is 90.1 Å². The van der Waals surface area contributed by atoms with Gasteiger partial charge in [-0.2, -0.15) is 0 Å². The number of rotatable bonds is 23. The van der Waals surface area contributed by atoms with Crippen LogP contribution in [-0.4, -0.2) is 196 Å². The molecule has 30 heteroatoms. The Morgan fingerprint density at radius 3 is 1.48 bits per heavy atom. The summed E-state index contributed by atoms with van der Waals surface area (Å²) in [7, 11) is -0.671. The number of aliphatic hydroxyl groups is 4. The summed E-state index contributed by atoms with van der Waals surface area (Å²) in [5, 5.41) is 86.4. The van der Waals surface area contributed by atoms with Gasteiger partial charge < -0.3 is 86.3 Å². The van der Waals surface area contributed by atoms with E-state index >= 15 is 0 Å². The predicted molar refractivity (Wildman–Crippen MR) is 469 cm³/mol. The summed E-state index contributed by atoms with van der Waals surface area (Å²) < 4.78 is 59.8. The first kappa shape index (κ1) is 96.0. The number of hydrogen-bond donors (Lipinski definition) is 12. The Morgan fingerprint density at radius 1 is 0.600 bits per heavy atom. The van der Waals surface area contributed by atoms with Crippen LogP contribution in [0.2, 0.25) is 0 Å². The van der Waals surface area contributed by atoms with E-state index in [2.05, 4.69) is 86.9 Å². The molecule has 16 rings (SSSR count). The van der Waals surface area contributed by atoms with Gasteiger partial charge in [0.1, 0.15) is 33.1 Å². The maximum Gasteiger partial charge on any atom is 1.00 e. The van der Waals surface area contributed by atoms with Crippen LogP contribution in [0.3, 0.4) is 0 Å². The minimum Gasteiger partial charge on any atom is -0.744 e. The second-order valence-electron chi connectivity index (χ2n) is 35.4. The molecule has 10 aliphatic rings. The van der Waals surface area contributed by atoms with Crippen LogP contribution in [0.5, 0.6) is 23.0 Å². The first-order valence-corrected chi connectivity index (χ1v) is 45.8. The Hall–Kier alpha value is -6.19. The second-order valence-corrected chi connectivity index (χ2v) is 40.7. The molecule has 648 valence electrons. The zero-order valence-electron chi connectivity index (χ0n) is 71.4. The Balaban J connectivity index is 0.000000176.